The molecule has 6 nitrogen and oxygen atoms in total. The Hall–Kier alpha value is -4.71. The van der Waals surface area contributed by atoms with E-state index in [2.05, 4.69) is 17.4 Å². The number of likely N-dealkylation sites (tertiary alicyclic amines) is 1. The van der Waals surface area contributed by atoms with E-state index >= 15 is 0 Å². The third-order valence-electron chi connectivity index (χ3n) is 8.75. The molecule has 1 aliphatic rings. The van der Waals surface area contributed by atoms with Crippen molar-refractivity contribution < 1.29 is 19.1 Å². The van der Waals surface area contributed by atoms with Gasteiger partial charge in [0.15, 0.2) is 5.78 Å². The van der Waals surface area contributed by atoms with Gasteiger partial charge >= 0.3 is 0 Å². The van der Waals surface area contributed by atoms with Crippen LogP contribution in [0.1, 0.15) is 54.4 Å². The number of nitrogens with one attached hydrogen (secondary N) is 1. The fourth-order valence-corrected chi connectivity index (χ4v) is 5.99. The van der Waals surface area contributed by atoms with Crippen molar-refractivity contribution in [1.82, 2.24) is 10.2 Å². The van der Waals surface area contributed by atoms with Crippen LogP contribution < -0.4 is 10.1 Å². The number of benzene rings is 4. The van der Waals surface area contributed by atoms with Gasteiger partial charge in [-0.15, -0.1) is 0 Å². The lowest BCUT2D eigenvalue weighted by Gasteiger charge is -2.32. The predicted octanol–water partition coefficient (Wildman–Crippen LogP) is 6.76. The molecule has 6 heteroatoms. The lowest BCUT2D eigenvalue weighted by Crippen LogP contribution is -2.44. The van der Waals surface area contributed by atoms with Crippen LogP contribution in [0.2, 0.25) is 0 Å². The molecule has 0 unspecified atom stereocenters. The summed E-state index contributed by atoms with van der Waals surface area (Å²) in [5, 5.41) is 3.08. The number of aryl methyl sites for hydroxylation is 2. The second-order valence-corrected chi connectivity index (χ2v) is 12.2. The van der Waals surface area contributed by atoms with Crippen molar-refractivity contribution in [3.8, 4) is 5.75 Å². The van der Waals surface area contributed by atoms with Gasteiger partial charge in [0, 0.05) is 32.4 Å². The van der Waals surface area contributed by atoms with Gasteiger partial charge in [0.1, 0.15) is 12.4 Å². The minimum absolute atomic E-state index is 0.0282. The van der Waals surface area contributed by atoms with Crippen LogP contribution in [0.15, 0.2) is 115 Å². The lowest BCUT2D eigenvalue weighted by atomic mass is 9.92. The SMILES string of the molecule is O=C(CC1CCN(C(=O)CCc2ccccc2)CC1)N[C@@H](Cc1ccc(OCc2ccccc2)cc1)C(=O)CCc1ccccc1. The fourth-order valence-electron chi connectivity index (χ4n) is 5.99. The molecule has 2 amide bonds. The topological polar surface area (TPSA) is 75.7 Å². The van der Waals surface area contributed by atoms with Gasteiger partial charge in [-0.05, 0) is 72.4 Å². The monoisotopic (exact) mass is 616 g/mol. The van der Waals surface area contributed by atoms with Gasteiger partial charge in [0.2, 0.25) is 11.8 Å². The molecule has 0 aromatic heterocycles. The molecule has 0 radical (unpaired) electrons. The van der Waals surface area contributed by atoms with Crippen LogP contribution in [0, 0.1) is 5.92 Å². The van der Waals surface area contributed by atoms with E-state index in [1.54, 1.807) is 0 Å². The number of ketones is 1. The number of ether oxygens (including phenoxy) is 1. The van der Waals surface area contributed by atoms with Crippen LogP contribution in [0.3, 0.4) is 0 Å². The highest BCUT2D eigenvalue weighted by Gasteiger charge is 2.27. The maximum Gasteiger partial charge on any atom is 0.222 e. The van der Waals surface area contributed by atoms with Crippen molar-refractivity contribution in [1.29, 1.82) is 0 Å². The van der Waals surface area contributed by atoms with Crippen LogP contribution in [0.4, 0.5) is 0 Å². The Kier molecular flexibility index (Phi) is 12.2. The largest absolute Gasteiger partial charge is 0.489 e. The van der Waals surface area contributed by atoms with E-state index in [4.69, 9.17) is 4.74 Å². The van der Waals surface area contributed by atoms with E-state index < -0.39 is 6.04 Å². The van der Waals surface area contributed by atoms with Gasteiger partial charge in [0.05, 0.1) is 6.04 Å². The van der Waals surface area contributed by atoms with Crippen molar-refractivity contribution in [3.63, 3.8) is 0 Å². The summed E-state index contributed by atoms with van der Waals surface area (Å²) in [7, 11) is 0. The number of hydrogen-bond donors (Lipinski definition) is 1. The Labute approximate surface area is 272 Å². The molecule has 0 spiro atoms. The molecule has 4 aromatic rings. The normalized spacial score (nSPS) is 14.0. The number of amides is 2. The first-order valence-electron chi connectivity index (χ1n) is 16.4. The Morgan fingerprint density at radius 3 is 1.80 bits per heavy atom. The van der Waals surface area contributed by atoms with Gasteiger partial charge in [0.25, 0.3) is 0 Å². The number of hydrogen-bond acceptors (Lipinski definition) is 4. The van der Waals surface area contributed by atoms with E-state index in [1.807, 2.05) is 108 Å². The summed E-state index contributed by atoms with van der Waals surface area (Å²) in [5.74, 6) is 1.05. The van der Waals surface area contributed by atoms with Crippen molar-refractivity contribution in [2.45, 2.75) is 64.0 Å². The molecule has 0 aliphatic carbocycles. The smallest absolute Gasteiger partial charge is 0.222 e. The van der Waals surface area contributed by atoms with Crippen molar-refractivity contribution in [3.05, 3.63) is 138 Å². The number of nitrogens with zero attached hydrogens (tertiary/aromatic N) is 1. The molecule has 0 bridgehead atoms. The molecule has 1 heterocycles. The summed E-state index contributed by atoms with van der Waals surface area (Å²) in [4.78, 5) is 41.5. The molecule has 1 N–H and O–H groups in total. The molecular formula is C40H44N2O4. The van der Waals surface area contributed by atoms with Crippen molar-refractivity contribution in [2.24, 2.45) is 5.92 Å². The average Bonchev–Trinajstić information content (AvgIpc) is 3.10. The molecule has 46 heavy (non-hydrogen) atoms. The predicted molar refractivity (Wildman–Crippen MR) is 181 cm³/mol. The van der Waals surface area contributed by atoms with E-state index in [1.165, 1.54) is 5.56 Å². The Morgan fingerprint density at radius 2 is 1.22 bits per heavy atom. The molecule has 5 rings (SSSR count). The molecule has 1 saturated heterocycles. The highest BCUT2D eigenvalue weighted by Crippen LogP contribution is 2.22. The van der Waals surface area contributed by atoms with Gasteiger partial charge in [-0.3, -0.25) is 14.4 Å². The molecular weight excluding hydrogens is 572 g/mol. The zero-order valence-electron chi connectivity index (χ0n) is 26.5. The summed E-state index contributed by atoms with van der Waals surface area (Å²) >= 11 is 0. The zero-order valence-corrected chi connectivity index (χ0v) is 26.5. The first kappa shape index (κ1) is 32.7. The third-order valence-corrected chi connectivity index (χ3v) is 8.75. The molecule has 0 saturated carbocycles. The summed E-state index contributed by atoms with van der Waals surface area (Å²) in [6.45, 7) is 1.82. The second-order valence-electron chi connectivity index (χ2n) is 12.2. The highest BCUT2D eigenvalue weighted by atomic mass is 16.5. The van der Waals surface area contributed by atoms with Crippen LogP contribution in [0.25, 0.3) is 0 Å². The molecule has 1 atom stereocenters. The van der Waals surface area contributed by atoms with Gasteiger partial charge < -0.3 is 15.0 Å². The summed E-state index contributed by atoms with van der Waals surface area (Å²) < 4.78 is 5.93. The van der Waals surface area contributed by atoms with E-state index in [9.17, 15) is 14.4 Å². The molecule has 4 aromatic carbocycles. The maximum absolute atomic E-state index is 13.5. The van der Waals surface area contributed by atoms with Crippen molar-refractivity contribution >= 4 is 17.6 Å². The molecule has 1 fully saturated rings. The maximum atomic E-state index is 13.5. The number of carbonyl (C=O) groups excluding carboxylic acids is 3. The van der Waals surface area contributed by atoms with Crippen LogP contribution in [-0.2, 0) is 40.3 Å². The minimum Gasteiger partial charge on any atom is -0.489 e. The number of rotatable bonds is 15. The van der Waals surface area contributed by atoms with Crippen LogP contribution in [0.5, 0.6) is 5.75 Å². The molecule has 238 valence electrons. The van der Waals surface area contributed by atoms with Gasteiger partial charge in [-0.25, -0.2) is 0 Å². The third kappa shape index (κ3) is 10.4. The summed E-state index contributed by atoms with van der Waals surface area (Å²) in [5.41, 5.74) is 4.33. The Balaban J connectivity index is 1.13. The first-order valence-corrected chi connectivity index (χ1v) is 16.4. The van der Waals surface area contributed by atoms with Crippen LogP contribution >= 0.6 is 0 Å². The van der Waals surface area contributed by atoms with E-state index in [0.717, 1.165) is 41.7 Å². The van der Waals surface area contributed by atoms with Gasteiger partial charge in [-0.1, -0.05) is 103 Å². The Morgan fingerprint density at radius 1 is 0.674 bits per heavy atom. The van der Waals surface area contributed by atoms with Gasteiger partial charge in [-0.2, -0.15) is 0 Å². The number of carbonyl (C=O) groups is 3. The lowest BCUT2D eigenvalue weighted by molar-refractivity contribution is -0.133. The standard InChI is InChI=1S/C40H44N2O4/c43-38(22-18-31-10-4-1-5-11-31)37(28-33-16-20-36(21-17-33)46-30-35-14-8-3-9-15-35)41-39(44)29-34-24-26-42(27-25-34)40(45)23-19-32-12-6-2-7-13-32/h1-17,20-21,34,37H,18-19,22-30H2,(H,41,44)/t37-/m0/s1. The second kappa shape index (κ2) is 17.1. The van der Waals surface area contributed by atoms with E-state index in [-0.39, 0.29) is 23.5 Å². The molecule has 1 aliphatic heterocycles. The Bertz CT molecular complexity index is 1520. The van der Waals surface area contributed by atoms with Crippen molar-refractivity contribution in [2.75, 3.05) is 13.1 Å². The number of Topliss-reactive ketones (excluding diaryl/α,β-unsaturated/α-hetero) is 1. The summed E-state index contributed by atoms with van der Waals surface area (Å²) in [6, 6.07) is 37.2. The quantitative estimate of drug-likeness (QED) is 0.160. The zero-order chi connectivity index (χ0) is 32.0. The average molecular weight is 617 g/mol. The fraction of sp³-hybridized carbons (Fsp3) is 0.325. The minimum atomic E-state index is -0.605. The number of piperidine rings is 1. The van der Waals surface area contributed by atoms with Crippen LogP contribution in [-0.4, -0.2) is 41.6 Å². The summed E-state index contributed by atoms with van der Waals surface area (Å²) in [6.07, 6.45) is 4.61. The van der Waals surface area contributed by atoms with E-state index in [0.29, 0.717) is 51.8 Å². The highest BCUT2D eigenvalue weighted by molar-refractivity contribution is 5.89. The first-order chi connectivity index (χ1) is 22.5.